The van der Waals surface area contributed by atoms with Crippen molar-refractivity contribution in [1.29, 1.82) is 0 Å². The summed E-state index contributed by atoms with van der Waals surface area (Å²) in [6.45, 7) is 7.06. The molecule has 0 amide bonds. The molecule has 150 valence electrons. The van der Waals surface area contributed by atoms with Gasteiger partial charge in [0.2, 0.25) is 0 Å². The van der Waals surface area contributed by atoms with Crippen LogP contribution in [0.2, 0.25) is 5.02 Å². The second kappa shape index (κ2) is 8.12. The maximum Gasteiger partial charge on any atom is 0.104 e. The number of nitrogens with zero attached hydrogens (tertiary/aromatic N) is 1. The van der Waals surface area contributed by atoms with Gasteiger partial charge in [-0.15, -0.1) is 0 Å². The Bertz CT molecular complexity index is 869. The molecule has 2 bridgehead atoms. The molecule has 1 fully saturated rings. The predicted octanol–water partition coefficient (Wildman–Crippen LogP) is 3.58. The predicted molar refractivity (Wildman–Crippen MR) is 116 cm³/mol. The van der Waals surface area contributed by atoms with Gasteiger partial charge in [0.15, 0.2) is 0 Å². The number of allylic oxidation sites excluding steroid dienone is 1. The summed E-state index contributed by atoms with van der Waals surface area (Å²) >= 11 is 6.63. The molecule has 3 aliphatic rings. The number of quaternary nitrogens is 1. The van der Waals surface area contributed by atoms with Crippen molar-refractivity contribution in [1.82, 2.24) is 0 Å². The molecule has 0 unspecified atom stereocenters. The summed E-state index contributed by atoms with van der Waals surface area (Å²) in [6, 6.07) is 17.0. The van der Waals surface area contributed by atoms with E-state index in [1.165, 1.54) is 24.0 Å². The van der Waals surface area contributed by atoms with Gasteiger partial charge in [-0.1, -0.05) is 74.0 Å². The van der Waals surface area contributed by atoms with E-state index in [1.807, 2.05) is 6.07 Å². The molecule has 0 saturated heterocycles. The van der Waals surface area contributed by atoms with Gasteiger partial charge in [0.1, 0.15) is 13.1 Å². The van der Waals surface area contributed by atoms with E-state index >= 15 is 0 Å². The van der Waals surface area contributed by atoms with Gasteiger partial charge in [-0.3, -0.25) is 0 Å². The molecule has 1 nitrogen and oxygen atoms in total. The van der Waals surface area contributed by atoms with E-state index in [9.17, 15) is 0 Å². The van der Waals surface area contributed by atoms with Crippen LogP contribution in [0.3, 0.4) is 0 Å². The highest BCUT2D eigenvalue weighted by Crippen LogP contribution is 2.59. The summed E-state index contributed by atoms with van der Waals surface area (Å²) in [5, 5.41) is 0.846. The van der Waals surface area contributed by atoms with Gasteiger partial charge < -0.3 is 28.5 Å². The SMILES string of the molecule is CC1(C)[C@H]2CC=C(C[N+](C)(C)Cc3ccc(-c4ccccc4)c(Cl)c3)[C@@H]1C2.[I-]. The van der Waals surface area contributed by atoms with Crippen LogP contribution in [0.25, 0.3) is 11.1 Å². The zero-order valence-electron chi connectivity index (χ0n) is 17.4. The van der Waals surface area contributed by atoms with Crippen LogP contribution in [-0.4, -0.2) is 25.1 Å². The fraction of sp³-hybridized carbons (Fsp3) is 0.440. The largest absolute Gasteiger partial charge is 1.00 e. The van der Waals surface area contributed by atoms with E-state index in [4.69, 9.17) is 11.6 Å². The quantitative estimate of drug-likeness (QED) is 0.330. The topological polar surface area (TPSA) is 0 Å². The summed E-state index contributed by atoms with van der Waals surface area (Å²) in [6.07, 6.45) is 5.21. The van der Waals surface area contributed by atoms with Gasteiger partial charge in [-0.25, -0.2) is 0 Å². The van der Waals surface area contributed by atoms with Gasteiger partial charge in [0.05, 0.1) is 14.1 Å². The van der Waals surface area contributed by atoms with Gasteiger partial charge in [-0.2, -0.15) is 0 Å². The monoisotopic (exact) mass is 507 g/mol. The Morgan fingerprint density at radius 3 is 2.36 bits per heavy atom. The van der Waals surface area contributed by atoms with E-state index < -0.39 is 0 Å². The standard InChI is InChI=1S/C25H31ClN.HI/c1-25(2)21-12-11-20(23(25)15-21)17-27(3,4)16-18-10-13-22(24(26)14-18)19-8-6-5-7-9-19;/h5-11,13-14,21,23H,12,15-17H2,1-4H3;1H/q+1;/p-1/t21-,23-;/m0./s1. The number of halogens is 2. The number of hydrogen-bond acceptors (Lipinski definition) is 0. The lowest BCUT2D eigenvalue weighted by Crippen LogP contribution is -3.00. The minimum Gasteiger partial charge on any atom is -1.00 e. The molecule has 2 aromatic carbocycles. The molecule has 2 atom stereocenters. The van der Waals surface area contributed by atoms with Crippen molar-refractivity contribution in [2.45, 2.75) is 33.2 Å². The van der Waals surface area contributed by atoms with Crippen LogP contribution in [-0.2, 0) is 6.54 Å². The van der Waals surface area contributed by atoms with Crippen LogP contribution >= 0.6 is 11.6 Å². The number of benzene rings is 2. The van der Waals surface area contributed by atoms with Crippen LogP contribution in [0, 0.1) is 17.3 Å². The van der Waals surface area contributed by atoms with Crippen molar-refractivity contribution in [3.8, 4) is 11.1 Å². The zero-order valence-corrected chi connectivity index (χ0v) is 20.3. The summed E-state index contributed by atoms with van der Waals surface area (Å²) < 4.78 is 0.976. The molecule has 0 spiro atoms. The third-order valence-corrected chi connectivity index (χ3v) is 7.23. The first-order valence-corrected chi connectivity index (χ1v) is 10.5. The van der Waals surface area contributed by atoms with Crippen molar-refractivity contribution in [3.05, 3.63) is 70.8 Å². The smallest absolute Gasteiger partial charge is 0.104 e. The minimum atomic E-state index is 0. The van der Waals surface area contributed by atoms with Crippen molar-refractivity contribution >= 4 is 11.6 Å². The molecule has 1 saturated carbocycles. The third-order valence-electron chi connectivity index (χ3n) is 6.92. The van der Waals surface area contributed by atoms with Crippen LogP contribution in [0.1, 0.15) is 32.3 Å². The molecule has 0 heterocycles. The van der Waals surface area contributed by atoms with Crippen molar-refractivity contribution in [2.75, 3.05) is 20.6 Å². The Morgan fingerprint density at radius 2 is 1.75 bits per heavy atom. The van der Waals surface area contributed by atoms with E-state index in [2.05, 4.69) is 76.5 Å². The van der Waals surface area contributed by atoms with E-state index in [-0.39, 0.29) is 24.0 Å². The molecule has 5 rings (SSSR count). The van der Waals surface area contributed by atoms with Crippen LogP contribution < -0.4 is 24.0 Å². The Labute approximate surface area is 192 Å². The first-order chi connectivity index (χ1) is 12.8. The lowest BCUT2D eigenvalue weighted by atomic mass is 9.49. The van der Waals surface area contributed by atoms with Crippen molar-refractivity contribution < 1.29 is 28.5 Å². The second-order valence-corrected chi connectivity index (χ2v) is 10.2. The second-order valence-electron chi connectivity index (χ2n) is 9.75. The Morgan fingerprint density at radius 1 is 1.04 bits per heavy atom. The number of fused-ring (bicyclic) bond motifs is 1. The molecule has 28 heavy (non-hydrogen) atoms. The fourth-order valence-corrected chi connectivity index (χ4v) is 5.52. The van der Waals surface area contributed by atoms with Crippen LogP contribution in [0.5, 0.6) is 0 Å². The lowest BCUT2D eigenvalue weighted by molar-refractivity contribution is -0.899. The molecule has 0 aliphatic heterocycles. The zero-order chi connectivity index (χ0) is 19.2. The Kier molecular flexibility index (Phi) is 6.34. The fourth-order valence-electron chi connectivity index (χ4n) is 5.21. The van der Waals surface area contributed by atoms with Crippen LogP contribution in [0.15, 0.2) is 60.2 Å². The minimum absolute atomic E-state index is 0. The molecular formula is C25H31ClIN. The average Bonchev–Trinajstić information content (AvgIpc) is 2.61. The van der Waals surface area contributed by atoms with E-state index in [0.717, 1.165) is 40.0 Å². The molecule has 0 N–H and O–H groups in total. The number of rotatable bonds is 5. The Hall–Kier alpha value is -0.840. The highest BCUT2D eigenvalue weighted by Gasteiger charge is 2.52. The molecule has 2 aromatic rings. The lowest BCUT2D eigenvalue weighted by Gasteiger charge is -2.57. The van der Waals surface area contributed by atoms with Gasteiger partial charge in [0, 0.05) is 16.1 Å². The maximum atomic E-state index is 6.63. The first-order valence-electron chi connectivity index (χ1n) is 10.1. The summed E-state index contributed by atoms with van der Waals surface area (Å²) in [5.41, 5.74) is 5.79. The van der Waals surface area contributed by atoms with E-state index in [0.29, 0.717) is 5.41 Å². The molecular weight excluding hydrogens is 477 g/mol. The summed E-state index contributed by atoms with van der Waals surface area (Å²) in [7, 11) is 4.69. The normalized spacial score (nSPS) is 22.7. The first kappa shape index (κ1) is 21.9. The summed E-state index contributed by atoms with van der Waals surface area (Å²) in [5.74, 6) is 1.70. The summed E-state index contributed by atoms with van der Waals surface area (Å²) in [4.78, 5) is 0. The molecule has 3 heteroatoms. The van der Waals surface area contributed by atoms with Crippen LogP contribution in [0.4, 0.5) is 0 Å². The highest BCUT2D eigenvalue weighted by molar-refractivity contribution is 6.33. The maximum absolute atomic E-state index is 6.63. The third kappa shape index (κ3) is 4.20. The highest BCUT2D eigenvalue weighted by atomic mass is 127. The van der Waals surface area contributed by atoms with Gasteiger partial charge >= 0.3 is 0 Å². The van der Waals surface area contributed by atoms with Crippen molar-refractivity contribution in [3.63, 3.8) is 0 Å². The van der Waals surface area contributed by atoms with E-state index in [1.54, 1.807) is 5.57 Å². The van der Waals surface area contributed by atoms with Gasteiger partial charge in [-0.05, 0) is 47.3 Å². The van der Waals surface area contributed by atoms with Gasteiger partial charge in [0.25, 0.3) is 0 Å². The average molecular weight is 508 g/mol. The number of hydrogen-bond donors (Lipinski definition) is 0. The van der Waals surface area contributed by atoms with Crippen molar-refractivity contribution in [2.24, 2.45) is 17.3 Å². The number of likely N-dealkylation sites (N-methyl/N-ethyl adjacent to an activating group) is 1. The molecule has 0 radical (unpaired) electrons. The Balaban J connectivity index is 0.00000225. The molecule has 0 aromatic heterocycles. The molecule has 3 aliphatic carbocycles.